The van der Waals surface area contributed by atoms with Crippen molar-refractivity contribution in [2.24, 2.45) is 0 Å². The minimum absolute atomic E-state index is 0.275. The van der Waals surface area contributed by atoms with Crippen molar-refractivity contribution >= 4 is 46.6 Å². The molecule has 0 radical (unpaired) electrons. The second-order valence-corrected chi connectivity index (χ2v) is 8.69. The van der Waals surface area contributed by atoms with Crippen LogP contribution in [-0.4, -0.2) is 11.8 Å². The van der Waals surface area contributed by atoms with E-state index in [1.807, 2.05) is 61.5 Å². The van der Waals surface area contributed by atoms with Gasteiger partial charge in [-0.2, -0.15) is 0 Å². The maximum Gasteiger partial charge on any atom is 0.283 e. The summed E-state index contributed by atoms with van der Waals surface area (Å²) in [6.45, 7) is 3.92. The molecular formula is C25H21ClN2O2S. The van der Waals surface area contributed by atoms with Crippen molar-refractivity contribution in [3.8, 4) is 0 Å². The summed E-state index contributed by atoms with van der Waals surface area (Å²) >= 11 is 7.36. The zero-order chi connectivity index (χ0) is 22.0. The summed E-state index contributed by atoms with van der Waals surface area (Å²) in [5, 5.41) is 3.75. The van der Waals surface area contributed by atoms with E-state index in [1.54, 1.807) is 18.2 Å². The molecule has 1 aliphatic heterocycles. The van der Waals surface area contributed by atoms with Gasteiger partial charge < -0.3 is 5.32 Å². The second kappa shape index (κ2) is 9.00. The fourth-order valence-corrected chi connectivity index (χ4v) is 4.55. The number of nitrogens with one attached hydrogen (secondary N) is 1. The molecule has 3 aromatic rings. The quantitative estimate of drug-likeness (QED) is 0.456. The van der Waals surface area contributed by atoms with Crippen molar-refractivity contribution < 1.29 is 9.59 Å². The van der Waals surface area contributed by atoms with Gasteiger partial charge in [-0.05, 0) is 66.9 Å². The molecule has 0 bridgehead atoms. The number of rotatable bonds is 6. The van der Waals surface area contributed by atoms with Crippen LogP contribution in [0, 0.1) is 6.92 Å². The number of hydrogen-bond acceptors (Lipinski definition) is 4. The molecule has 0 atom stereocenters. The van der Waals surface area contributed by atoms with Crippen LogP contribution in [0.3, 0.4) is 0 Å². The van der Waals surface area contributed by atoms with Gasteiger partial charge in [-0.15, -0.1) is 0 Å². The smallest absolute Gasteiger partial charge is 0.283 e. The van der Waals surface area contributed by atoms with Gasteiger partial charge in [0.2, 0.25) is 0 Å². The third-order valence-corrected chi connectivity index (χ3v) is 6.36. The Balaban J connectivity index is 1.74. The average molecular weight is 449 g/mol. The van der Waals surface area contributed by atoms with Gasteiger partial charge in [-0.3, -0.25) is 9.59 Å². The maximum atomic E-state index is 13.4. The molecule has 0 saturated heterocycles. The standard InChI is InChI=1S/C25H21ClN2O2S/c1-3-17-9-12-19(13-10-17)27-22-23(31-20-7-5-4-6-8-20)25(30)28(24(22)29)21-14-11-18(26)15-16(21)2/h4-15,27H,3H2,1-2H3. The molecule has 4 rings (SSSR count). The molecule has 31 heavy (non-hydrogen) atoms. The summed E-state index contributed by atoms with van der Waals surface area (Å²) in [4.78, 5) is 29.3. The van der Waals surface area contributed by atoms with Crippen LogP contribution < -0.4 is 10.2 Å². The first-order valence-electron chi connectivity index (χ1n) is 9.96. The summed E-state index contributed by atoms with van der Waals surface area (Å²) < 4.78 is 0. The molecule has 1 N–H and O–H groups in total. The number of aryl methyl sites for hydroxylation is 2. The molecule has 0 fully saturated rings. The van der Waals surface area contributed by atoms with E-state index >= 15 is 0 Å². The number of thioether (sulfide) groups is 1. The van der Waals surface area contributed by atoms with E-state index in [1.165, 1.54) is 22.2 Å². The molecule has 3 aromatic carbocycles. The predicted octanol–water partition coefficient (Wildman–Crippen LogP) is 6.20. The monoisotopic (exact) mass is 448 g/mol. The van der Waals surface area contributed by atoms with Crippen LogP contribution in [0.1, 0.15) is 18.1 Å². The van der Waals surface area contributed by atoms with Crippen LogP contribution in [0.2, 0.25) is 5.02 Å². The van der Waals surface area contributed by atoms with Gasteiger partial charge in [-0.1, -0.05) is 60.6 Å². The highest BCUT2D eigenvalue weighted by Crippen LogP contribution is 2.39. The Morgan fingerprint density at radius 1 is 0.935 bits per heavy atom. The van der Waals surface area contributed by atoms with Crippen LogP contribution in [-0.2, 0) is 16.0 Å². The van der Waals surface area contributed by atoms with E-state index in [9.17, 15) is 9.59 Å². The molecule has 0 spiro atoms. The van der Waals surface area contributed by atoms with E-state index < -0.39 is 0 Å². The van der Waals surface area contributed by atoms with Crippen molar-refractivity contribution in [1.82, 2.24) is 0 Å². The topological polar surface area (TPSA) is 49.4 Å². The first-order valence-corrected chi connectivity index (χ1v) is 11.2. The number of halogens is 1. The van der Waals surface area contributed by atoms with Crippen molar-refractivity contribution in [3.63, 3.8) is 0 Å². The molecule has 156 valence electrons. The lowest BCUT2D eigenvalue weighted by molar-refractivity contribution is -0.120. The van der Waals surface area contributed by atoms with Crippen LogP contribution in [0.4, 0.5) is 11.4 Å². The number of anilines is 2. The Morgan fingerprint density at radius 2 is 1.65 bits per heavy atom. The predicted molar refractivity (Wildman–Crippen MR) is 127 cm³/mol. The molecule has 0 unspecified atom stereocenters. The first-order chi connectivity index (χ1) is 15.0. The lowest BCUT2D eigenvalue weighted by atomic mass is 10.1. The third kappa shape index (κ3) is 4.38. The number of carbonyl (C=O) groups is 2. The van der Waals surface area contributed by atoms with Gasteiger partial charge >= 0.3 is 0 Å². The summed E-state index contributed by atoms with van der Waals surface area (Å²) in [7, 11) is 0. The number of imide groups is 1. The molecule has 0 aromatic heterocycles. The van der Waals surface area contributed by atoms with Crippen LogP contribution in [0.5, 0.6) is 0 Å². The molecule has 0 saturated carbocycles. The summed E-state index contributed by atoms with van der Waals surface area (Å²) in [6, 6.07) is 22.6. The average Bonchev–Trinajstić information content (AvgIpc) is 2.99. The van der Waals surface area contributed by atoms with Crippen molar-refractivity contribution in [2.45, 2.75) is 25.2 Å². The zero-order valence-corrected chi connectivity index (χ0v) is 18.8. The lowest BCUT2D eigenvalue weighted by Gasteiger charge is -2.18. The zero-order valence-electron chi connectivity index (χ0n) is 17.2. The lowest BCUT2D eigenvalue weighted by Crippen LogP contribution is -2.32. The number of carbonyl (C=O) groups excluding carboxylic acids is 2. The number of benzene rings is 3. The Morgan fingerprint density at radius 3 is 2.29 bits per heavy atom. The molecule has 6 heteroatoms. The van der Waals surface area contributed by atoms with Crippen LogP contribution in [0.15, 0.2) is 88.3 Å². The third-order valence-electron chi connectivity index (χ3n) is 5.04. The second-order valence-electron chi connectivity index (χ2n) is 7.17. The molecule has 4 nitrogen and oxygen atoms in total. The number of amides is 2. The summed E-state index contributed by atoms with van der Waals surface area (Å²) in [5.41, 5.74) is 3.52. The molecule has 1 heterocycles. The minimum atomic E-state index is -0.381. The highest BCUT2D eigenvalue weighted by Gasteiger charge is 2.40. The van der Waals surface area contributed by atoms with Crippen molar-refractivity contribution in [2.75, 3.05) is 10.2 Å². The van der Waals surface area contributed by atoms with Gasteiger partial charge in [0.15, 0.2) is 0 Å². The number of nitrogens with zero attached hydrogens (tertiary/aromatic N) is 1. The van der Waals surface area contributed by atoms with E-state index in [0.717, 1.165) is 22.6 Å². The fourth-order valence-electron chi connectivity index (χ4n) is 3.38. The minimum Gasteiger partial charge on any atom is -0.350 e. The molecular weight excluding hydrogens is 428 g/mol. The summed E-state index contributed by atoms with van der Waals surface area (Å²) in [5.74, 6) is -0.731. The largest absolute Gasteiger partial charge is 0.350 e. The Hall–Kier alpha value is -3.02. The van der Waals surface area contributed by atoms with Crippen LogP contribution in [0.25, 0.3) is 0 Å². The van der Waals surface area contributed by atoms with Gasteiger partial charge in [0.1, 0.15) is 10.6 Å². The van der Waals surface area contributed by atoms with E-state index in [4.69, 9.17) is 11.6 Å². The van der Waals surface area contributed by atoms with E-state index in [-0.39, 0.29) is 17.5 Å². The highest BCUT2D eigenvalue weighted by atomic mass is 35.5. The normalized spacial score (nSPS) is 13.8. The van der Waals surface area contributed by atoms with Gasteiger partial charge in [0, 0.05) is 15.6 Å². The van der Waals surface area contributed by atoms with Gasteiger partial charge in [0.05, 0.1) is 5.69 Å². The SMILES string of the molecule is CCc1ccc(NC2=C(Sc3ccccc3)C(=O)N(c3ccc(Cl)cc3C)C2=O)cc1. The van der Waals surface area contributed by atoms with Gasteiger partial charge in [0.25, 0.3) is 11.8 Å². The molecule has 1 aliphatic rings. The van der Waals surface area contributed by atoms with E-state index in [0.29, 0.717) is 15.6 Å². The molecule has 2 amide bonds. The highest BCUT2D eigenvalue weighted by molar-refractivity contribution is 8.04. The fraction of sp³-hybridized carbons (Fsp3) is 0.120. The van der Waals surface area contributed by atoms with Crippen molar-refractivity contribution in [1.29, 1.82) is 0 Å². The Labute approximate surface area is 190 Å². The summed E-state index contributed by atoms with van der Waals surface area (Å²) in [6.07, 6.45) is 0.930. The maximum absolute atomic E-state index is 13.4. The first kappa shape index (κ1) is 21.2. The Bertz CT molecular complexity index is 1170. The van der Waals surface area contributed by atoms with Gasteiger partial charge in [-0.25, -0.2) is 4.90 Å². The Kier molecular flexibility index (Phi) is 6.16. The van der Waals surface area contributed by atoms with Crippen LogP contribution >= 0.6 is 23.4 Å². The molecule has 0 aliphatic carbocycles. The van der Waals surface area contributed by atoms with E-state index in [2.05, 4.69) is 12.2 Å². The van der Waals surface area contributed by atoms with Crippen molar-refractivity contribution in [3.05, 3.63) is 99.5 Å². The number of hydrogen-bond donors (Lipinski definition) is 1.